The van der Waals surface area contributed by atoms with Crippen molar-refractivity contribution >= 4 is 11.9 Å². The molecule has 0 aliphatic carbocycles. The number of carbonyl (C=O) groups excluding carboxylic acids is 2. The molecule has 22 heavy (non-hydrogen) atoms. The second-order valence-electron chi connectivity index (χ2n) is 6.56. The van der Waals surface area contributed by atoms with Crippen molar-refractivity contribution in [3.63, 3.8) is 0 Å². The number of likely N-dealkylation sites (tertiary alicyclic amines) is 1. The minimum atomic E-state index is -0.636. The van der Waals surface area contributed by atoms with Gasteiger partial charge in [0.2, 0.25) is 0 Å². The van der Waals surface area contributed by atoms with Gasteiger partial charge in [-0.25, -0.2) is 9.18 Å². The number of benzene rings is 1. The molecule has 1 aliphatic heterocycles. The number of hydrogen-bond donors (Lipinski definition) is 0. The number of ether oxygens (including phenoxy) is 1. The van der Waals surface area contributed by atoms with Gasteiger partial charge in [0.25, 0.3) is 0 Å². The summed E-state index contributed by atoms with van der Waals surface area (Å²) in [5.74, 6) is -0.405. The van der Waals surface area contributed by atoms with Crippen molar-refractivity contribution in [2.45, 2.75) is 52.2 Å². The summed E-state index contributed by atoms with van der Waals surface area (Å²) in [6.45, 7) is 7.30. The fourth-order valence-corrected chi connectivity index (χ4v) is 2.68. The second kappa shape index (κ2) is 6.07. The van der Waals surface area contributed by atoms with Gasteiger partial charge in [0.05, 0.1) is 12.6 Å². The molecular formula is C17H22FNO3. The number of carbonyl (C=O) groups is 2. The summed E-state index contributed by atoms with van der Waals surface area (Å²) < 4.78 is 19.0. The summed E-state index contributed by atoms with van der Waals surface area (Å²) >= 11 is 0. The Balaban J connectivity index is 2.34. The van der Waals surface area contributed by atoms with Crippen molar-refractivity contribution in [2.75, 3.05) is 6.54 Å². The zero-order valence-electron chi connectivity index (χ0n) is 13.5. The van der Waals surface area contributed by atoms with Crippen molar-refractivity contribution in [2.24, 2.45) is 0 Å². The molecule has 1 fully saturated rings. The van der Waals surface area contributed by atoms with E-state index in [4.69, 9.17) is 4.74 Å². The van der Waals surface area contributed by atoms with Gasteiger partial charge in [0.1, 0.15) is 11.4 Å². The summed E-state index contributed by atoms with van der Waals surface area (Å²) in [6.07, 6.45) is 0.382. The Kier molecular flexibility index (Phi) is 4.54. The van der Waals surface area contributed by atoms with E-state index in [0.717, 1.165) is 5.56 Å². The van der Waals surface area contributed by atoms with Crippen LogP contribution in [0.2, 0.25) is 0 Å². The Labute approximate surface area is 130 Å². The highest BCUT2D eigenvalue weighted by molar-refractivity contribution is 5.88. The summed E-state index contributed by atoms with van der Waals surface area (Å²) in [5.41, 5.74) is 0.997. The van der Waals surface area contributed by atoms with Crippen LogP contribution in [0.3, 0.4) is 0 Å². The Morgan fingerprint density at radius 1 is 1.41 bits per heavy atom. The first-order valence-electron chi connectivity index (χ1n) is 7.51. The van der Waals surface area contributed by atoms with Gasteiger partial charge in [-0.2, -0.15) is 0 Å². The van der Waals surface area contributed by atoms with Crippen LogP contribution in [0, 0.1) is 5.82 Å². The number of halogens is 1. The number of hydrogen-bond acceptors (Lipinski definition) is 3. The van der Waals surface area contributed by atoms with E-state index in [9.17, 15) is 14.0 Å². The van der Waals surface area contributed by atoms with E-state index < -0.39 is 17.7 Å². The van der Waals surface area contributed by atoms with Gasteiger partial charge in [-0.15, -0.1) is 0 Å². The molecule has 0 aromatic heterocycles. The predicted molar refractivity (Wildman–Crippen MR) is 81.1 cm³/mol. The van der Waals surface area contributed by atoms with Crippen molar-refractivity contribution in [3.05, 3.63) is 35.1 Å². The molecule has 5 heteroatoms. The van der Waals surface area contributed by atoms with Gasteiger partial charge in [0.15, 0.2) is 5.78 Å². The first-order valence-corrected chi connectivity index (χ1v) is 7.51. The van der Waals surface area contributed by atoms with Gasteiger partial charge in [-0.1, -0.05) is 13.0 Å². The lowest BCUT2D eigenvalue weighted by atomic mass is 9.96. The molecule has 1 aromatic rings. The Bertz CT molecular complexity index is 592. The number of nitrogens with zero attached hydrogens (tertiary/aromatic N) is 1. The maximum absolute atomic E-state index is 13.6. The number of aryl methyl sites for hydroxylation is 1. The van der Waals surface area contributed by atoms with Gasteiger partial charge >= 0.3 is 6.09 Å². The van der Waals surface area contributed by atoms with E-state index in [1.54, 1.807) is 26.8 Å². The van der Waals surface area contributed by atoms with Crippen LogP contribution in [-0.4, -0.2) is 28.9 Å². The smallest absolute Gasteiger partial charge is 0.411 e. The monoisotopic (exact) mass is 307 g/mol. The van der Waals surface area contributed by atoms with Crippen LogP contribution < -0.4 is 0 Å². The number of ketones is 1. The van der Waals surface area contributed by atoms with Crippen LogP contribution in [-0.2, 0) is 16.0 Å². The Hall–Kier alpha value is -1.91. The fraction of sp³-hybridized carbons (Fsp3) is 0.529. The molecule has 1 atom stereocenters. The first-order chi connectivity index (χ1) is 10.2. The van der Waals surface area contributed by atoms with Gasteiger partial charge in [0, 0.05) is 6.42 Å². The predicted octanol–water partition coefficient (Wildman–Crippen LogP) is 3.64. The van der Waals surface area contributed by atoms with Crippen LogP contribution in [0.25, 0.3) is 0 Å². The molecule has 1 saturated heterocycles. The lowest BCUT2D eigenvalue weighted by molar-refractivity contribution is -0.117. The summed E-state index contributed by atoms with van der Waals surface area (Å²) in [5, 5.41) is 0. The zero-order chi connectivity index (χ0) is 16.5. The highest BCUT2D eigenvalue weighted by Crippen LogP contribution is 2.34. The largest absolute Gasteiger partial charge is 0.444 e. The summed E-state index contributed by atoms with van der Waals surface area (Å²) in [4.78, 5) is 25.6. The minimum absolute atomic E-state index is 0.0131. The third-order valence-corrected chi connectivity index (χ3v) is 3.62. The first kappa shape index (κ1) is 16.5. The number of rotatable bonds is 2. The molecule has 2 rings (SSSR count). The molecule has 1 aromatic carbocycles. The minimum Gasteiger partial charge on any atom is -0.444 e. The van der Waals surface area contributed by atoms with Crippen molar-refractivity contribution in [1.82, 2.24) is 4.90 Å². The summed E-state index contributed by atoms with van der Waals surface area (Å²) in [7, 11) is 0. The van der Waals surface area contributed by atoms with E-state index in [2.05, 4.69) is 0 Å². The third-order valence-electron chi connectivity index (χ3n) is 3.62. The average molecular weight is 307 g/mol. The van der Waals surface area contributed by atoms with Crippen LogP contribution in [0.15, 0.2) is 18.2 Å². The van der Waals surface area contributed by atoms with Crippen molar-refractivity contribution in [1.29, 1.82) is 0 Å². The Morgan fingerprint density at radius 2 is 2.09 bits per heavy atom. The molecule has 0 saturated carbocycles. The molecule has 120 valence electrons. The second-order valence-corrected chi connectivity index (χ2v) is 6.56. The molecule has 1 amide bonds. The van der Waals surface area contributed by atoms with Crippen LogP contribution in [0.4, 0.5) is 9.18 Å². The lowest BCUT2D eigenvalue weighted by Crippen LogP contribution is -2.37. The number of Topliss-reactive ketones (excluding diaryl/α,β-unsaturated/α-hetero) is 1. The maximum atomic E-state index is 13.6. The van der Waals surface area contributed by atoms with Crippen LogP contribution in [0.5, 0.6) is 0 Å². The molecule has 0 radical (unpaired) electrons. The Morgan fingerprint density at radius 3 is 2.68 bits per heavy atom. The molecular weight excluding hydrogens is 285 g/mol. The van der Waals surface area contributed by atoms with Crippen molar-refractivity contribution in [3.8, 4) is 0 Å². The standard InChI is InChI=1S/C17H22FNO3/c1-5-11-6-7-12(18)8-14(11)15-9-13(20)10-19(15)16(21)22-17(2,3)4/h6-8,15H,5,9-10H2,1-4H3. The van der Waals surface area contributed by atoms with E-state index in [1.807, 2.05) is 6.92 Å². The maximum Gasteiger partial charge on any atom is 0.411 e. The highest BCUT2D eigenvalue weighted by Gasteiger charge is 2.38. The average Bonchev–Trinajstić information content (AvgIpc) is 2.79. The molecule has 0 N–H and O–H groups in total. The molecule has 1 heterocycles. The van der Waals surface area contributed by atoms with E-state index >= 15 is 0 Å². The van der Waals surface area contributed by atoms with Gasteiger partial charge in [-0.3, -0.25) is 9.69 Å². The summed E-state index contributed by atoms with van der Waals surface area (Å²) in [6, 6.07) is 4.07. The van der Waals surface area contributed by atoms with Crippen LogP contribution >= 0.6 is 0 Å². The molecule has 1 unspecified atom stereocenters. The normalized spacial score (nSPS) is 18.7. The molecule has 0 bridgehead atoms. The molecule has 0 spiro atoms. The highest BCUT2D eigenvalue weighted by atomic mass is 19.1. The van der Waals surface area contributed by atoms with Crippen LogP contribution in [0.1, 0.15) is 51.3 Å². The zero-order valence-corrected chi connectivity index (χ0v) is 13.5. The fourth-order valence-electron chi connectivity index (χ4n) is 2.68. The van der Waals surface area contributed by atoms with Gasteiger partial charge in [-0.05, 0) is 50.5 Å². The van der Waals surface area contributed by atoms with E-state index in [0.29, 0.717) is 12.0 Å². The third kappa shape index (κ3) is 3.64. The SMILES string of the molecule is CCc1ccc(F)cc1C1CC(=O)CN1C(=O)OC(C)(C)C. The topological polar surface area (TPSA) is 46.6 Å². The van der Waals surface area contributed by atoms with Gasteiger partial charge < -0.3 is 4.74 Å². The molecule has 4 nitrogen and oxygen atoms in total. The number of amides is 1. The quantitative estimate of drug-likeness (QED) is 0.838. The molecule has 1 aliphatic rings. The lowest BCUT2D eigenvalue weighted by Gasteiger charge is -2.29. The van der Waals surface area contributed by atoms with Crippen molar-refractivity contribution < 1.29 is 18.7 Å². The van der Waals surface area contributed by atoms with E-state index in [1.165, 1.54) is 17.0 Å². The van der Waals surface area contributed by atoms with E-state index in [-0.39, 0.29) is 24.6 Å².